The molecule has 0 spiro atoms. The lowest BCUT2D eigenvalue weighted by Gasteiger charge is -2.35. The van der Waals surface area contributed by atoms with E-state index in [-0.39, 0.29) is 30.7 Å². The summed E-state index contributed by atoms with van der Waals surface area (Å²) >= 11 is 1.74. The van der Waals surface area contributed by atoms with Gasteiger partial charge in [-0.2, -0.15) is 0 Å². The molecule has 1 aliphatic heterocycles. The molecule has 8 heteroatoms. The highest BCUT2D eigenvalue weighted by Gasteiger charge is 2.48. The summed E-state index contributed by atoms with van der Waals surface area (Å²) in [5.41, 5.74) is 6.62. The van der Waals surface area contributed by atoms with Crippen LogP contribution in [-0.4, -0.2) is 52.4 Å². The first-order chi connectivity index (χ1) is 9.60. The minimum absolute atomic E-state index is 0. The van der Waals surface area contributed by atoms with Crippen LogP contribution in [0.2, 0.25) is 0 Å². The number of hydrogen-bond donors (Lipinski definition) is 1. The third-order valence-corrected chi connectivity index (χ3v) is 5.20. The largest absolute Gasteiger partial charge is 0.339 e. The molecule has 2 N–H and O–H groups in total. The number of thiazole rings is 1. The van der Waals surface area contributed by atoms with Gasteiger partial charge in [0.1, 0.15) is 0 Å². The van der Waals surface area contributed by atoms with Gasteiger partial charge >= 0.3 is 0 Å². The van der Waals surface area contributed by atoms with Crippen LogP contribution in [-0.2, 0) is 17.8 Å². The number of carbonyl (C=O) groups is 1. The molecule has 1 aromatic rings. The van der Waals surface area contributed by atoms with Crippen LogP contribution in [0.25, 0.3) is 0 Å². The van der Waals surface area contributed by atoms with Gasteiger partial charge in [0, 0.05) is 38.1 Å². The SMILES string of the molecule is CCc1nc(CN2CCN(C(=O)C3(N)CC3)CC2)cs1.Cl.Cl. The van der Waals surface area contributed by atoms with Crippen molar-refractivity contribution in [3.63, 3.8) is 0 Å². The maximum absolute atomic E-state index is 12.2. The van der Waals surface area contributed by atoms with Crippen LogP contribution < -0.4 is 5.73 Å². The van der Waals surface area contributed by atoms with Crippen LogP contribution in [0.5, 0.6) is 0 Å². The smallest absolute Gasteiger partial charge is 0.242 e. The van der Waals surface area contributed by atoms with E-state index in [1.807, 2.05) is 4.90 Å². The predicted octanol–water partition coefficient (Wildman–Crippen LogP) is 1.68. The summed E-state index contributed by atoms with van der Waals surface area (Å²) < 4.78 is 0. The lowest BCUT2D eigenvalue weighted by atomic mass is 10.2. The number of nitrogens with zero attached hydrogens (tertiary/aromatic N) is 3. The molecular formula is C14H24Cl2N4OS. The fourth-order valence-corrected chi connectivity index (χ4v) is 3.32. The summed E-state index contributed by atoms with van der Waals surface area (Å²) in [7, 11) is 0. The Morgan fingerprint density at radius 1 is 1.32 bits per heavy atom. The first-order valence-electron chi connectivity index (χ1n) is 7.34. The quantitative estimate of drug-likeness (QED) is 0.880. The Hall–Kier alpha value is -0.400. The third kappa shape index (κ3) is 4.32. The highest BCUT2D eigenvalue weighted by atomic mass is 35.5. The number of amides is 1. The molecule has 1 aromatic heterocycles. The number of carbonyl (C=O) groups excluding carboxylic acids is 1. The number of aromatic nitrogens is 1. The van der Waals surface area contributed by atoms with Crippen molar-refractivity contribution in [2.75, 3.05) is 26.2 Å². The first kappa shape index (κ1) is 19.6. The van der Waals surface area contributed by atoms with Gasteiger partial charge in [-0.3, -0.25) is 9.69 Å². The van der Waals surface area contributed by atoms with Gasteiger partial charge in [0.05, 0.1) is 16.2 Å². The van der Waals surface area contributed by atoms with Gasteiger partial charge in [-0.05, 0) is 19.3 Å². The zero-order chi connectivity index (χ0) is 14.2. The summed E-state index contributed by atoms with van der Waals surface area (Å²) in [6.45, 7) is 6.45. The molecule has 126 valence electrons. The molecule has 3 rings (SSSR count). The molecule has 2 heterocycles. The van der Waals surface area contributed by atoms with Gasteiger partial charge in [0.25, 0.3) is 0 Å². The molecule has 0 unspecified atom stereocenters. The van der Waals surface area contributed by atoms with Gasteiger partial charge in [-0.15, -0.1) is 36.2 Å². The summed E-state index contributed by atoms with van der Waals surface area (Å²) in [6, 6.07) is 0. The Kier molecular flexibility index (Phi) is 7.08. The van der Waals surface area contributed by atoms with Crippen molar-refractivity contribution in [1.82, 2.24) is 14.8 Å². The van der Waals surface area contributed by atoms with Crippen LogP contribution in [0, 0.1) is 0 Å². The minimum Gasteiger partial charge on any atom is -0.339 e. The van der Waals surface area contributed by atoms with Crippen LogP contribution in [0.4, 0.5) is 0 Å². The van der Waals surface area contributed by atoms with E-state index in [9.17, 15) is 4.79 Å². The molecule has 5 nitrogen and oxygen atoms in total. The number of halogens is 2. The van der Waals surface area contributed by atoms with Gasteiger partial charge in [-0.1, -0.05) is 6.92 Å². The van der Waals surface area contributed by atoms with E-state index in [1.54, 1.807) is 11.3 Å². The molecule has 0 radical (unpaired) electrons. The van der Waals surface area contributed by atoms with E-state index in [4.69, 9.17) is 5.73 Å². The second-order valence-corrected chi connectivity index (χ2v) is 6.75. The molecular weight excluding hydrogens is 343 g/mol. The Balaban J connectivity index is 0.00000121. The number of hydrogen-bond acceptors (Lipinski definition) is 5. The van der Waals surface area contributed by atoms with E-state index in [2.05, 4.69) is 22.2 Å². The molecule has 1 saturated carbocycles. The second-order valence-electron chi connectivity index (χ2n) is 5.81. The average molecular weight is 367 g/mol. The Morgan fingerprint density at radius 2 is 1.95 bits per heavy atom. The topological polar surface area (TPSA) is 62.5 Å². The van der Waals surface area contributed by atoms with Crippen molar-refractivity contribution >= 4 is 42.1 Å². The Morgan fingerprint density at radius 3 is 2.45 bits per heavy atom. The predicted molar refractivity (Wildman–Crippen MR) is 94.0 cm³/mol. The van der Waals surface area contributed by atoms with Crippen molar-refractivity contribution in [1.29, 1.82) is 0 Å². The fraction of sp³-hybridized carbons (Fsp3) is 0.714. The molecule has 0 atom stereocenters. The Bertz CT molecular complexity index is 499. The zero-order valence-corrected chi connectivity index (χ0v) is 15.2. The summed E-state index contributed by atoms with van der Waals surface area (Å²) in [5.74, 6) is 0.152. The van der Waals surface area contributed by atoms with E-state index < -0.39 is 5.54 Å². The fourth-order valence-electron chi connectivity index (χ4n) is 2.59. The standard InChI is InChI=1S/C14H22N4OS.2ClH/c1-2-12-16-11(10-20-12)9-17-5-7-18(8-6-17)13(19)14(15)3-4-14;;/h10H,2-9,15H2,1H3;2*1H. The maximum atomic E-state index is 12.2. The summed E-state index contributed by atoms with van der Waals surface area (Å²) in [4.78, 5) is 21.1. The third-order valence-electron chi connectivity index (χ3n) is 4.16. The zero-order valence-electron chi connectivity index (χ0n) is 12.8. The lowest BCUT2D eigenvalue weighted by molar-refractivity contribution is -0.135. The van der Waals surface area contributed by atoms with Crippen LogP contribution in [0.15, 0.2) is 5.38 Å². The van der Waals surface area contributed by atoms with E-state index >= 15 is 0 Å². The summed E-state index contributed by atoms with van der Waals surface area (Å²) in [6.07, 6.45) is 2.71. The molecule has 2 fully saturated rings. The summed E-state index contributed by atoms with van der Waals surface area (Å²) in [5, 5.41) is 3.35. The van der Waals surface area contributed by atoms with Crippen molar-refractivity contribution < 1.29 is 4.79 Å². The van der Waals surface area contributed by atoms with Crippen molar-refractivity contribution in [2.24, 2.45) is 5.73 Å². The average Bonchev–Trinajstić information content (AvgIpc) is 3.06. The second kappa shape index (κ2) is 7.93. The van der Waals surface area contributed by atoms with Crippen LogP contribution >= 0.6 is 36.2 Å². The van der Waals surface area contributed by atoms with E-state index in [0.717, 1.165) is 57.7 Å². The molecule has 2 aliphatic rings. The molecule has 0 aromatic carbocycles. The van der Waals surface area contributed by atoms with Crippen molar-refractivity contribution in [3.8, 4) is 0 Å². The number of piperazine rings is 1. The minimum atomic E-state index is -0.521. The molecule has 22 heavy (non-hydrogen) atoms. The molecule has 0 bridgehead atoms. The van der Waals surface area contributed by atoms with Gasteiger partial charge in [0.15, 0.2) is 0 Å². The Labute approximate surface area is 148 Å². The highest BCUT2D eigenvalue weighted by molar-refractivity contribution is 7.09. The monoisotopic (exact) mass is 366 g/mol. The normalized spacial score (nSPS) is 20.0. The number of aryl methyl sites for hydroxylation is 1. The first-order valence-corrected chi connectivity index (χ1v) is 8.22. The van der Waals surface area contributed by atoms with Crippen molar-refractivity contribution in [2.45, 2.75) is 38.3 Å². The van der Waals surface area contributed by atoms with Crippen molar-refractivity contribution in [3.05, 3.63) is 16.1 Å². The van der Waals surface area contributed by atoms with Crippen LogP contribution in [0.3, 0.4) is 0 Å². The lowest BCUT2D eigenvalue weighted by Crippen LogP contribution is -2.53. The molecule has 1 aliphatic carbocycles. The van der Waals surface area contributed by atoms with Gasteiger partial charge in [-0.25, -0.2) is 4.98 Å². The van der Waals surface area contributed by atoms with Crippen LogP contribution in [0.1, 0.15) is 30.5 Å². The maximum Gasteiger partial charge on any atom is 0.242 e. The van der Waals surface area contributed by atoms with E-state index in [0.29, 0.717) is 0 Å². The highest BCUT2D eigenvalue weighted by Crippen LogP contribution is 2.34. The van der Waals surface area contributed by atoms with Gasteiger partial charge < -0.3 is 10.6 Å². The van der Waals surface area contributed by atoms with Gasteiger partial charge in [0.2, 0.25) is 5.91 Å². The number of nitrogens with two attached hydrogens (primary N) is 1. The number of rotatable bonds is 4. The van der Waals surface area contributed by atoms with E-state index in [1.165, 1.54) is 5.01 Å². The molecule has 1 amide bonds. The molecule has 1 saturated heterocycles.